The molecule has 1 saturated heterocycles. The normalized spacial score (nSPS) is 17.3. The summed E-state index contributed by atoms with van der Waals surface area (Å²) in [4.78, 5) is 11.4. The fourth-order valence-corrected chi connectivity index (χ4v) is 3.14. The predicted octanol–water partition coefficient (Wildman–Crippen LogP) is 0.0502. The van der Waals surface area contributed by atoms with E-state index < -0.39 is 16.0 Å². The molecule has 1 N–H and O–H groups in total. The molecule has 0 aromatic carbocycles. The first-order valence-corrected chi connectivity index (χ1v) is 7.47. The van der Waals surface area contributed by atoms with Crippen molar-refractivity contribution in [3.05, 3.63) is 17.9 Å². The van der Waals surface area contributed by atoms with E-state index in [0.29, 0.717) is 26.2 Å². The van der Waals surface area contributed by atoms with Crippen molar-refractivity contribution in [2.45, 2.75) is 12.0 Å². The van der Waals surface area contributed by atoms with Gasteiger partial charge in [0.25, 0.3) is 10.0 Å². The van der Waals surface area contributed by atoms with Crippen LogP contribution in [0.2, 0.25) is 0 Å². The number of nitrogens with zero attached hydrogens (tertiary/aromatic N) is 1. The van der Waals surface area contributed by atoms with Crippen LogP contribution in [0.1, 0.15) is 17.5 Å². The van der Waals surface area contributed by atoms with Crippen LogP contribution < -0.4 is 5.32 Å². The van der Waals surface area contributed by atoms with E-state index in [4.69, 9.17) is 9.15 Å². The van der Waals surface area contributed by atoms with Crippen LogP contribution in [-0.2, 0) is 14.8 Å². The van der Waals surface area contributed by atoms with Crippen LogP contribution in [0, 0.1) is 0 Å². The summed E-state index contributed by atoms with van der Waals surface area (Å²) in [6.45, 7) is 3.85. The molecule has 1 aromatic heterocycles. The van der Waals surface area contributed by atoms with Crippen molar-refractivity contribution < 1.29 is 22.4 Å². The molecule has 0 amide bonds. The summed E-state index contributed by atoms with van der Waals surface area (Å²) in [5.41, 5.74) is 0. The highest BCUT2D eigenvalue weighted by Crippen LogP contribution is 2.19. The summed E-state index contributed by atoms with van der Waals surface area (Å²) in [6.07, 6.45) is 0. The predicted molar refractivity (Wildman–Crippen MR) is 66.3 cm³/mol. The van der Waals surface area contributed by atoms with Crippen molar-refractivity contribution >= 4 is 16.0 Å². The maximum Gasteiger partial charge on any atom is 0.374 e. The Morgan fingerprint density at radius 2 is 2.11 bits per heavy atom. The number of sulfonamides is 1. The van der Waals surface area contributed by atoms with Gasteiger partial charge in [-0.2, -0.15) is 4.31 Å². The Kier molecular flexibility index (Phi) is 4.23. The number of carbonyl (C=O) groups is 1. The lowest BCUT2D eigenvalue weighted by atomic mass is 10.4. The Labute approximate surface area is 111 Å². The van der Waals surface area contributed by atoms with Crippen LogP contribution in [0.25, 0.3) is 0 Å². The molecule has 0 unspecified atom stereocenters. The maximum atomic E-state index is 12.2. The number of hydrogen-bond acceptors (Lipinski definition) is 6. The fraction of sp³-hybridized carbons (Fsp3) is 0.545. The lowest BCUT2D eigenvalue weighted by Gasteiger charge is -2.25. The molecule has 2 heterocycles. The Hall–Kier alpha value is -1.38. The van der Waals surface area contributed by atoms with Gasteiger partial charge in [0.15, 0.2) is 0 Å². The summed E-state index contributed by atoms with van der Waals surface area (Å²) >= 11 is 0. The van der Waals surface area contributed by atoms with Crippen molar-refractivity contribution in [1.29, 1.82) is 0 Å². The molecule has 0 spiro atoms. The second kappa shape index (κ2) is 5.72. The van der Waals surface area contributed by atoms with Crippen LogP contribution in [0.5, 0.6) is 0 Å². The molecule has 19 heavy (non-hydrogen) atoms. The Bertz CT molecular complexity index is 545. The minimum absolute atomic E-state index is 0.101. The molecule has 1 aliphatic heterocycles. The second-order valence-electron chi connectivity index (χ2n) is 3.99. The van der Waals surface area contributed by atoms with Gasteiger partial charge in [-0.05, 0) is 19.1 Å². The van der Waals surface area contributed by atoms with Crippen LogP contribution in [0.4, 0.5) is 0 Å². The average Bonchev–Trinajstić information content (AvgIpc) is 2.90. The third-order valence-electron chi connectivity index (χ3n) is 2.73. The van der Waals surface area contributed by atoms with Crippen LogP contribution >= 0.6 is 0 Å². The zero-order valence-corrected chi connectivity index (χ0v) is 11.4. The summed E-state index contributed by atoms with van der Waals surface area (Å²) in [5, 5.41) is 2.84. The molecule has 0 radical (unpaired) electrons. The third-order valence-corrected chi connectivity index (χ3v) is 4.50. The van der Waals surface area contributed by atoms with Crippen molar-refractivity contribution in [1.82, 2.24) is 9.62 Å². The molecule has 7 nitrogen and oxygen atoms in total. The zero-order valence-electron chi connectivity index (χ0n) is 10.6. The summed E-state index contributed by atoms with van der Waals surface area (Å²) < 4.78 is 35.6. The first-order chi connectivity index (χ1) is 9.05. The molecule has 106 valence electrons. The molecule has 1 aromatic rings. The van der Waals surface area contributed by atoms with Gasteiger partial charge in [0, 0.05) is 26.2 Å². The molecule has 1 fully saturated rings. The molecular formula is C11H16N2O5S. The van der Waals surface area contributed by atoms with Gasteiger partial charge in [0.1, 0.15) is 0 Å². The first kappa shape index (κ1) is 14.0. The number of furan rings is 1. The van der Waals surface area contributed by atoms with Gasteiger partial charge in [-0.1, -0.05) is 0 Å². The monoisotopic (exact) mass is 288 g/mol. The number of nitrogens with one attached hydrogen (secondary N) is 1. The number of ether oxygens (including phenoxy) is 1. The van der Waals surface area contributed by atoms with Gasteiger partial charge in [0.2, 0.25) is 10.9 Å². The van der Waals surface area contributed by atoms with Crippen LogP contribution in [-0.4, -0.2) is 51.5 Å². The molecule has 2 rings (SSSR count). The van der Waals surface area contributed by atoms with Crippen LogP contribution in [0.3, 0.4) is 0 Å². The molecular weight excluding hydrogens is 272 g/mol. The van der Waals surface area contributed by atoms with Crippen molar-refractivity contribution in [2.24, 2.45) is 0 Å². The molecule has 0 atom stereocenters. The largest absolute Gasteiger partial charge is 0.460 e. The van der Waals surface area contributed by atoms with Gasteiger partial charge in [-0.25, -0.2) is 13.2 Å². The van der Waals surface area contributed by atoms with Gasteiger partial charge in [-0.3, -0.25) is 0 Å². The van der Waals surface area contributed by atoms with E-state index in [2.05, 4.69) is 5.32 Å². The molecule has 0 saturated carbocycles. The quantitative estimate of drug-likeness (QED) is 0.788. The highest BCUT2D eigenvalue weighted by atomic mass is 32.2. The fourth-order valence-electron chi connectivity index (χ4n) is 1.78. The van der Waals surface area contributed by atoms with E-state index in [9.17, 15) is 13.2 Å². The number of esters is 1. The zero-order chi connectivity index (χ0) is 13.9. The number of piperazine rings is 1. The smallest absolute Gasteiger partial charge is 0.374 e. The molecule has 1 aliphatic rings. The van der Waals surface area contributed by atoms with E-state index >= 15 is 0 Å². The molecule has 0 aliphatic carbocycles. The topological polar surface area (TPSA) is 88.9 Å². The number of hydrogen-bond donors (Lipinski definition) is 1. The van der Waals surface area contributed by atoms with Crippen LogP contribution in [0.15, 0.2) is 21.6 Å². The molecule has 0 bridgehead atoms. The minimum atomic E-state index is -3.67. The SMILES string of the molecule is CCOC(=O)c1ccc(S(=O)(=O)N2CCNCC2)o1. The van der Waals surface area contributed by atoms with Gasteiger partial charge >= 0.3 is 5.97 Å². The summed E-state index contributed by atoms with van der Waals surface area (Å²) in [7, 11) is -3.67. The number of carbonyl (C=O) groups excluding carboxylic acids is 1. The van der Waals surface area contributed by atoms with Crippen molar-refractivity contribution in [3.8, 4) is 0 Å². The van der Waals surface area contributed by atoms with E-state index in [1.807, 2.05) is 0 Å². The average molecular weight is 288 g/mol. The van der Waals surface area contributed by atoms with E-state index in [0.717, 1.165) is 0 Å². The van der Waals surface area contributed by atoms with Crippen molar-refractivity contribution in [2.75, 3.05) is 32.8 Å². The highest BCUT2D eigenvalue weighted by Gasteiger charge is 2.29. The standard InChI is InChI=1S/C11H16N2O5S/c1-2-17-11(14)9-3-4-10(18-9)19(15,16)13-7-5-12-6-8-13/h3-4,12H,2,5-8H2,1H3. The maximum absolute atomic E-state index is 12.2. The van der Waals surface area contributed by atoms with E-state index in [1.165, 1.54) is 16.4 Å². The highest BCUT2D eigenvalue weighted by molar-refractivity contribution is 7.89. The summed E-state index contributed by atoms with van der Waals surface area (Å²) in [6, 6.07) is 2.59. The first-order valence-electron chi connectivity index (χ1n) is 6.03. The second-order valence-corrected chi connectivity index (χ2v) is 5.86. The lowest BCUT2D eigenvalue weighted by Crippen LogP contribution is -2.46. The van der Waals surface area contributed by atoms with Gasteiger partial charge in [-0.15, -0.1) is 0 Å². The van der Waals surface area contributed by atoms with Gasteiger partial charge < -0.3 is 14.5 Å². The number of rotatable bonds is 4. The Morgan fingerprint density at radius 3 is 2.74 bits per heavy atom. The van der Waals surface area contributed by atoms with E-state index in [1.54, 1.807) is 6.92 Å². The lowest BCUT2D eigenvalue weighted by molar-refractivity contribution is 0.0483. The summed E-state index contributed by atoms with van der Waals surface area (Å²) in [5.74, 6) is -0.764. The Morgan fingerprint density at radius 1 is 1.42 bits per heavy atom. The van der Waals surface area contributed by atoms with E-state index in [-0.39, 0.29) is 17.5 Å². The van der Waals surface area contributed by atoms with Gasteiger partial charge in [0.05, 0.1) is 6.61 Å². The third kappa shape index (κ3) is 2.96. The van der Waals surface area contributed by atoms with Crippen molar-refractivity contribution in [3.63, 3.8) is 0 Å². The molecule has 8 heteroatoms. The minimum Gasteiger partial charge on any atom is -0.460 e. The Balaban J connectivity index is 2.19.